The highest BCUT2D eigenvalue weighted by molar-refractivity contribution is 5.78. The largest absolute Gasteiger partial charge is 0.390 e. The Morgan fingerprint density at radius 2 is 1.86 bits per heavy atom. The van der Waals surface area contributed by atoms with Crippen LogP contribution in [0.5, 0.6) is 0 Å². The Kier molecular flexibility index (Phi) is 8.71. The average molecular weight is 512 g/mol. The number of halogens is 2. The standard InChI is InChI=1S/C29H35F2N3O3/c1-20(35)6-4-9-28(37)33-26(16-21-14-23(30)18-24(31)15-21)27(36)19-32-29(10-11-29)22-7-5-8-25(17-22)34-12-2-3-13-34/h2,5,7-8,12,14-15,17-18,26-27,32,36H,3-4,6,9-11,13,16,19H2,1H3,(H,33,37). The average Bonchev–Trinajstić information content (AvgIpc) is 3.44. The number of amides is 1. The molecule has 1 aliphatic heterocycles. The van der Waals surface area contributed by atoms with Gasteiger partial charge in [-0.05, 0) is 74.4 Å². The van der Waals surface area contributed by atoms with E-state index in [1.807, 2.05) is 6.07 Å². The van der Waals surface area contributed by atoms with Crippen LogP contribution < -0.4 is 15.5 Å². The number of nitrogens with zero attached hydrogens (tertiary/aromatic N) is 1. The predicted molar refractivity (Wildman–Crippen MR) is 139 cm³/mol. The summed E-state index contributed by atoms with van der Waals surface area (Å²) in [7, 11) is 0. The summed E-state index contributed by atoms with van der Waals surface area (Å²) in [5.41, 5.74) is 2.37. The van der Waals surface area contributed by atoms with Crippen molar-refractivity contribution in [3.05, 3.63) is 77.5 Å². The molecule has 2 aromatic carbocycles. The molecule has 0 aromatic heterocycles. The highest BCUT2D eigenvalue weighted by atomic mass is 19.1. The quantitative estimate of drug-likeness (QED) is 0.377. The number of aliphatic hydroxyl groups excluding tert-OH is 1. The first kappa shape index (κ1) is 26.9. The van der Waals surface area contributed by atoms with Gasteiger partial charge in [-0.15, -0.1) is 0 Å². The fourth-order valence-corrected chi connectivity index (χ4v) is 4.86. The van der Waals surface area contributed by atoms with Crippen LogP contribution in [0, 0.1) is 11.6 Å². The molecule has 0 bridgehead atoms. The van der Waals surface area contributed by atoms with E-state index in [0.29, 0.717) is 18.4 Å². The van der Waals surface area contributed by atoms with Crippen molar-refractivity contribution in [2.75, 3.05) is 18.0 Å². The van der Waals surface area contributed by atoms with Gasteiger partial charge in [0.2, 0.25) is 5.91 Å². The zero-order valence-electron chi connectivity index (χ0n) is 21.2. The molecule has 1 amide bonds. The Labute approximate surface area is 216 Å². The van der Waals surface area contributed by atoms with Crippen LogP contribution in [0.1, 0.15) is 56.6 Å². The van der Waals surface area contributed by atoms with Crippen LogP contribution in [-0.4, -0.2) is 42.0 Å². The molecule has 2 atom stereocenters. The molecule has 6 nitrogen and oxygen atoms in total. The van der Waals surface area contributed by atoms with Gasteiger partial charge in [-0.25, -0.2) is 8.78 Å². The summed E-state index contributed by atoms with van der Waals surface area (Å²) < 4.78 is 27.6. The second-order valence-electron chi connectivity index (χ2n) is 10.2. The third kappa shape index (κ3) is 7.46. The molecular weight excluding hydrogens is 476 g/mol. The molecule has 2 aromatic rings. The molecule has 37 heavy (non-hydrogen) atoms. The molecule has 0 radical (unpaired) electrons. The van der Waals surface area contributed by atoms with Gasteiger partial charge in [0.1, 0.15) is 17.4 Å². The minimum Gasteiger partial charge on any atom is -0.390 e. The number of ketones is 1. The SMILES string of the molecule is CC(=O)CCCC(=O)NC(Cc1cc(F)cc(F)c1)C(O)CNC1(c2cccc(N3C=CCC3)c2)CC1. The number of carbonyl (C=O) groups excluding carboxylic acids is 2. The number of rotatable bonds is 13. The van der Waals surface area contributed by atoms with Crippen molar-refractivity contribution in [1.82, 2.24) is 10.6 Å². The third-order valence-corrected chi connectivity index (χ3v) is 7.07. The van der Waals surface area contributed by atoms with Gasteiger partial charge in [0.15, 0.2) is 0 Å². The van der Waals surface area contributed by atoms with Crippen molar-refractivity contribution in [2.24, 2.45) is 0 Å². The maximum atomic E-state index is 13.8. The van der Waals surface area contributed by atoms with Crippen molar-refractivity contribution in [3.8, 4) is 0 Å². The van der Waals surface area contributed by atoms with E-state index < -0.39 is 23.8 Å². The van der Waals surface area contributed by atoms with E-state index >= 15 is 0 Å². The highest BCUT2D eigenvalue weighted by Gasteiger charge is 2.44. The lowest BCUT2D eigenvalue weighted by Crippen LogP contribution is -2.50. The van der Waals surface area contributed by atoms with Crippen LogP contribution in [0.25, 0.3) is 0 Å². The second kappa shape index (κ2) is 12.0. The number of hydrogen-bond donors (Lipinski definition) is 3. The monoisotopic (exact) mass is 511 g/mol. The number of hydrogen-bond acceptors (Lipinski definition) is 5. The van der Waals surface area contributed by atoms with Gasteiger partial charge in [-0.3, -0.25) is 4.79 Å². The Balaban J connectivity index is 1.42. The molecule has 1 fully saturated rings. The van der Waals surface area contributed by atoms with Crippen molar-refractivity contribution in [2.45, 2.75) is 69.6 Å². The Bertz CT molecular complexity index is 1130. The second-order valence-corrected chi connectivity index (χ2v) is 10.2. The number of carbonyl (C=O) groups is 2. The van der Waals surface area contributed by atoms with E-state index in [1.165, 1.54) is 19.1 Å². The highest BCUT2D eigenvalue weighted by Crippen LogP contribution is 2.46. The van der Waals surface area contributed by atoms with Crippen LogP contribution in [0.4, 0.5) is 14.5 Å². The van der Waals surface area contributed by atoms with Gasteiger partial charge in [0, 0.05) is 49.4 Å². The molecule has 3 N–H and O–H groups in total. The maximum Gasteiger partial charge on any atom is 0.220 e. The molecule has 198 valence electrons. The molecular formula is C29H35F2N3O3. The lowest BCUT2D eigenvalue weighted by atomic mass is 9.99. The van der Waals surface area contributed by atoms with Crippen LogP contribution in [-0.2, 0) is 21.5 Å². The minimum atomic E-state index is -0.995. The summed E-state index contributed by atoms with van der Waals surface area (Å²) in [4.78, 5) is 26.0. The van der Waals surface area contributed by atoms with Crippen molar-refractivity contribution in [3.63, 3.8) is 0 Å². The number of Topliss-reactive ketones (excluding diaryl/α,β-unsaturated/α-hetero) is 1. The molecule has 1 aliphatic carbocycles. The van der Waals surface area contributed by atoms with Crippen LogP contribution in [0.15, 0.2) is 54.7 Å². The summed E-state index contributed by atoms with van der Waals surface area (Å²) in [6.07, 6.45) is 7.03. The van der Waals surface area contributed by atoms with Gasteiger partial charge in [0.05, 0.1) is 12.1 Å². The fourth-order valence-electron chi connectivity index (χ4n) is 4.86. The summed E-state index contributed by atoms with van der Waals surface area (Å²) in [6.45, 7) is 2.63. The van der Waals surface area contributed by atoms with Crippen LogP contribution >= 0.6 is 0 Å². The van der Waals surface area contributed by atoms with E-state index in [0.717, 1.165) is 43.1 Å². The van der Waals surface area contributed by atoms with Gasteiger partial charge in [-0.2, -0.15) is 0 Å². The summed E-state index contributed by atoms with van der Waals surface area (Å²) in [5.74, 6) is -1.73. The molecule has 2 aliphatic rings. The van der Waals surface area contributed by atoms with E-state index in [1.54, 1.807) is 0 Å². The van der Waals surface area contributed by atoms with Crippen LogP contribution in [0.2, 0.25) is 0 Å². The molecule has 2 unspecified atom stereocenters. The van der Waals surface area contributed by atoms with E-state index in [2.05, 4.69) is 46.0 Å². The normalized spacial score (nSPS) is 17.5. The van der Waals surface area contributed by atoms with Crippen molar-refractivity contribution in [1.29, 1.82) is 0 Å². The van der Waals surface area contributed by atoms with E-state index in [-0.39, 0.29) is 36.6 Å². The molecule has 0 spiro atoms. The summed E-state index contributed by atoms with van der Waals surface area (Å²) in [6, 6.07) is 10.8. The summed E-state index contributed by atoms with van der Waals surface area (Å²) >= 11 is 0. The first-order chi connectivity index (χ1) is 17.7. The Morgan fingerprint density at radius 3 is 2.51 bits per heavy atom. The van der Waals surface area contributed by atoms with Gasteiger partial charge in [-0.1, -0.05) is 18.2 Å². The lowest BCUT2D eigenvalue weighted by Gasteiger charge is -2.28. The lowest BCUT2D eigenvalue weighted by molar-refractivity contribution is -0.123. The smallest absolute Gasteiger partial charge is 0.220 e. The maximum absolute atomic E-state index is 13.8. The number of benzene rings is 2. The molecule has 4 rings (SSSR count). The third-order valence-electron chi connectivity index (χ3n) is 7.07. The molecule has 8 heteroatoms. The topological polar surface area (TPSA) is 81.7 Å². The zero-order valence-corrected chi connectivity index (χ0v) is 21.2. The summed E-state index contributed by atoms with van der Waals surface area (Å²) in [5, 5.41) is 17.4. The molecule has 0 saturated heterocycles. The van der Waals surface area contributed by atoms with E-state index in [4.69, 9.17) is 0 Å². The number of nitrogens with one attached hydrogen (secondary N) is 2. The molecule has 1 heterocycles. The van der Waals surface area contributed by atoms with Crippen molar-refractivity contribution < 1.29 is 23.5 Å². The van der Waals surface area contributed by atoms with E-state index in [9.17, 15) is 23.5 Å². The predicted octanol–water partition coefficient (Wildman–Crippen LogP) is 4.12. The van der Waals surface area contributed by atoms with Crippen LogP contribution in [0.3, 0.4) is 0 Å². The molecule has 1 saturated carbocycles. The Morgan fingerprint density at radius 1 is 1.11 bits per heavy atom. The zero-order chi connectivity index (χ0) is 26.4. The fraction of sp³-hybridized carbons (Fsp3) is 0.448. The first-order valence-corrected chi connectivity index (χ1v) is 12.9. The number of aliphatic hydroxyl groups is 1. The minimum absolute atomic E-state index is 0.00312. The van der Waals surface area contributed by atoms with Crippen molar-refractivity contribution >= 4 is 17.4 Å². The van der Waals surface area contributed by atoms with Gasteiger partial charge in [0.25, 0.3) is 0 Å². The number of anilines is 1. The van der Waals surface area contributed by atoms with Gasteiger partial charge >= 0.3 is 0 Å². The van der Waals surface area contributed by atoms with Gasteiger partial charge < -0.3 is 25.4 Å². The first-order valence-electron chi connectivity index (χ1n) is 12.9. The Hall–Kier alpha value is -3.10.